The second kappa shape index (κ2) is 5.13. The molecule has 1 heteroatoms. The number of allylic oxidation sites excluding steroid dienone is 2. The average molecular weight is 168 g/mol. The van der Waals surface area contributed by atoms with E-state index < -0.39 is 0 Å². The van der Waals surface area contributed by atoms with Gasteiger partial charge >= 0.3 is 0 Å². The largest absolute Gasteiger partial charge is 0.295 e. The molecule has 0 spiro atoms. The van der Waals surface area contributed by atoms with Crippen molar-refractivity contribution >= 4 is 5.78 Å². The maximum absolute atomic E-state index is 11.2. The van der Waals surface area contributed by atoms with E-state index >= 15 is 0 Å². The summed E-state index contributed by atoms with van der Waals surface area (Å²) in [5.74, 6) is 1.22. The molecule has 0 fully saturated rings. The van der Waals surface area contributed by atoms with Gasteiger partial charge in [-0.15, -0.1) is 0 Å². The number of carbonyl (C=O) groups excluding carboxylic acids is 1. The molecule has 0 aliphatic rings. The lowest BCUT2D eigenvalue weighted by molar-refractivity contribution is -0.114. The van der Waals surface area contributed by atoms with Crippen molar-refractivity contribution in [2.45, 2.75) is 41.0 Å². The molecule has 0 unspecified atom stereocenters. The van der Waals surface area contributed by atoms with E-state index in [1.165, 1.54) is 5.57 Å². The van der Waals surface area contributed by atoms with Crippen LogP contribution in [-0.2, 0) is 4.79 Å². The van der Waals surface area contributed by atoms with Crippen molar-refractivity contribution < 1.29 is 4.79 Å². The van der Waals surface area contributed by atoms with Gasteiger partial charge in [-0.2, -0.15) is 0 Å². The molecular formula is C11H20O. The lowest BCUT2D eigenvalue weighted by Gasteiger charge is -2.14. The van der Waals surface area contributed by atoms with E-state index in [1.54, 1.807) is 0 Å². The molecule has 0 saturated carbocycles. The van der Waals surface area contributed by atoms with E-state index in [1.807, 2.05) is 13.0 Å². The summed E-state index contributed by atoms with van der Waals surface area (Å²) in [5.41, 5.74) is 1.27. The molecule has 0 amide bonds. The van der Waals surface area contributed by atoms with Gasteiger partial charge in [0.1, 0.15) is 0 Å². The van der Waals surface area contributed by atoms with Crippen LogP contribution in [-0.4, -0.2) is 5.78 Å². The molecular weight excluding hydrogens is 148 g/mol. The smallest absolute Gasteiger partial charge is 0.155 e. The van der Waals surface area contributed by atoms with Crippen molar-refractivity contribution in [3.63, 3.8) is 0 Å². The van der Waals surface area contributed by atoms with Gasteiger partial charge in [-0.3, -0.25) is 4.79 Å². The van der Waals surface area contributed by atoms with Crippen LogP contribution < -0.4 is 0 Å². The molecule has 0 aromatic carbocycles. The molecule has 0 aromatic heterocycles. The number of ketones is 1. The van der Waals surface area contributed by atoms with E-state index in [-0.39, 0.29) is 5.78 Å². The van der Waals surface area contributed by atoms with E-state index in [0.717, 1.165) is 0 Å². The Hall–Kier alpha value is -0.590. The Morgan fingerprint density at radius 1 is 1.17 bits per heavy atom. The fourth-order valence-corrected chi connectivity index (χ4v) is 1.29. The van der Waals surface area contributed by atoms with Crippen molar-refractivity contribution in [1.82, 2.24) is 0 Å². The van der Waals surface area contributed by atoms with Crippen LogP contribution in [0.15, 0.2) is 11.6 Å². The number of hydrogen-bond acceptors (Lipinski definition) is 1. The maximum Gasteiger partial charge on any atom is 0.155 e. The summed E-state index contributed by atoms with van der Waals surface area (Å²) in [4.78, 5) is 11.2. The Balaban J connectivity index is 4.50. The Morgan fingerprint density at radius 2 is 1.58 bits per heavy atom. The molecule has 0 aliphatic heterocycles. The normalized spacial score (nSPS) is 10.6. The number of hydrogen-bond donors (Lipinski definition) is 0. The highest BCUT2D eigenvalue weighted by atomic mass is 16.1. The third kappa shape index (κ3) is 3.70. The topological polar surface area (TPSA) is 17.1 Å². The maximum atomic E-state index is 11.2. The highest BCUT2D eigenvalue weighted by Crippen LogP contribution is 2.19. The fraction of sp³-hybridized carbons (Fsp3) is 0.727. The van der Waals surface area contributed by atoms with Crippen molar-refractivity contribution in [3.05, 3.63) is 11.6 Å². The first-order valence-corrected chi connectivity index (χ1v) is 4.73. The standard InChI is InChI=1S/C11H20O/c1-6-10(12)7-11(8(2)3)9(4)5/h7-9H,6H2,1-5H3. The van der Waals surface area contributed by atoms with Gasteiger partial charge in [-0.05, 0) is 17.9 Å². The van der Waals surface area contributed by atoms with Gasteiger partial charge in [0.2, 0.25) is 0 Å². The average Bonchev–Trinajstić information content (AvgIpc) is 1.98. The van der Waals surface area contributed by atoms with E-state index in [9.17, 15) is 4.79 Å². The summed E-state index contributed by atoms with van der Waals surface area (Å²) in [6, 6.07) is 0. The lowest BCUT2D eigenvalue weighted by Crippen LogP contribution is -2.05. The zero-order valence-electron chi connectivity index (χ0n) is 8.85. The molecule has 1 nitrogen and oxygen atoms in total. The van der Waals surface area contributed by atoms with Gasteiger partial charge in [-0.25, -0.2) is 0 Å². The monoisotopic (exact) mass is 168 g/mol. The molecule has 0 atom stereocenters. The predicted molar refractivity (Wildman–Crippen MR) is 53.1 cm³/mol. The number of carbonyl (C=O) groups is 1. The van der Waals surface area contributed by atoms with Crippen molar-refractivity contribution in [2.75, 3.05) is 0 Å². The van der Waals surface area contributed by atoms with E-state index in [0.29, 0.717) is 18.3 Å². The minimum absolute atomic E-state index is 0.243. The molecule has 70 valence electrons. The van der Waals surface area contributed by atoms with Crippen LogP contribution in [0, 0.1) is 11.8 Å². The van der Waals surface area contributed by atoms with E-state index in [4.69, 9.17) is 0 Å². The minimum atomic E-state index is 0.243. The second-order valence-electron chi connectivity index (χ2n) is 3.77. The molecule has 0 aromatic rings. The quantitative estimate of drug-likeness (QED) is 0.589. The summed E-state index contributed by atoms with van der Waals surface area (Å²) in [6.45, 7) is 10.4. The third-order valence-electron chi connectivity index (χ3n) is 2.01. The van der Waals surface area contributed by atoms with Crippen molar-refractivity contribution in [2.24, 2.45) is 11.8 Å². The highest BCUT2D eigenvalue weighted by Gasteiger charge is 2.08. The van der Waals surface area contributed by atoms with Gasteiger partial charge in [0, 0.05) is 6.42 Å². The van der Waals surface area contributed by atoms with Gasteiger partial charge in [0.15, 0.2) is 5.78 Å². The van der Waals surface area contributed by atoms with Crippen LogP contribution in [0.5, 0.6) is 0 Å². The zero-order valence-corrected chi connectivity index (χ0v) is 8.85. The first kappa shape index (κ1) is 11.4. The van der Waals surface area contributed by atoms with Crippen LogP contribution in [0.25, 0.3) is 0 Å². The third-order valence-corrected chi connectivity index (χ3v) is 2.01. The van der Waals surface area contributed by atoms with Crippen LogP contribution in [0.3, 0.4) is 0 Å². The summed E-state index contributed by atoms with van der Waals surface area (Å²) in [5, 5.41) is 0. The summed E-state index contributed by atoms with van der Waals surface area (Å²) >= 11 is 0. The van der Waals surface area contributed by atoms with Crippen LogP contribution in [0.2, 0.25) is 0 Å². The summed E-state index contributed by atoms with van der Waals surface area (Å²) in [6.07, 6.45) is 2.43. The highest BCUT2D eigenvalue weighted by molar-refractivity contribution is 5.90. The fourth-order valence-electron chi connectivity index (χ4n) is 1.29. The SMILES string of the molecule is CCC(=O)C=C(C(C)C)C(C)C. The van der Waals surface area contributed by atoms with Gasteiger partial charge in [0.25, 0.3) is 0 Å². The molecule has 0 rings (SSSR count). The Morgan fingerprint density at radius 3 is 1.83 bits per heavy atom. The van der Waals surface area contributed by atoms with Crippen LogP contribution in [0.4, 0.5) is 0 Å². The summed E-state index contributed by atoms with van der Waals surface area (Å²) in [7, 11) is 0. The molecule has 0 saturated heterocycles. The van der Waals surface area contributed by atoms with Gasteiger partial charge < -0.3 is 0 Å². The van der Waals surface area contributed by atoms with Gasteiger partial charge in [-0.1, -0.05) is 40.2 Å². The minimum Gasteiger partial charge on any atom is -0.295 e. The Bertz CT molecular complexity index is 165. The van der Waals surface area contributed by atoms with Crippen molar-refractivity contribution in [1.29, 1.82) is 0 Å². The van der Waals surface area contributed by atoms with Gasteiger partial charge in [0.05, 0.1) is 0 Å². The van der Waals surface area contributed by atoms with Crippen molar-refractivity contribution in [3.8, 4) is 0 Å². The Labute approximate surface area is 75.9 Å². The first-order valence-electron chi connectivity index (χ1n) is 4.73. The summed E-state index contributed by atoms with van der Waals surface area (Å²) < 4.78 is 0. The van der Waals surface area contributed by atoms with Crippen LogP contribution in [0.1, 0.15) is 41.0 Å². The molecule has 0 radical (unpaired) electrons. The molecule has 0 heterocycles. The molecule has 12 heavy (non-hydrogen) atoms. The molecule has 0 bridgehead atoms. The second-order valence-corrected chi connectivity index (χ2v) is 3.77. The predicted octanol–water partition coefficient (Wildman–Crippen LogP) is 3.20. The number of rotatable bonds is 4. The zero-order chi connectivity index (χ0) is 9.72. The van der Waals surface area contributed by atoms with E-state index in [2.05, 4.69) is 27.7 Å². The first-order chi connectivity index (χ1) is 5.49. The molecule has 0 aliphatic carbocycles. The van der Waals surface area contributed by atoms with Crippen LogP contribution >= 0.6 is 0 Å². The lowest BCUT2D eigenvalue weighted by atomic mass is 9.91. The Kier molecular flexibility index (Phi) is 4.87. The molecule has 0 N–H and O–H groups in total.